The minimum absolute atomic E-state index is 0. The first kappa shape index (κ1) is 36.4. The predicted molar refractivity (Wildman–Crippen MR) is 182 cm³/mol. The number of quaternary nitrogens is 1. The highest BCUT2D eigenvalue weighted by Gasteiger charge is 2.30. The van der Waals surface area contributed by atoms with Crippen molar-refractivity contribution in [3.63, 3.8) is 0 Å². The number of benzene rings is 1. The van der Waals surface area contributed by atoms with Crippen molar-refractivity contribution in [3.8, 4) is 17.6 Å². The van der Waals surface area contributed by atoms with Gasteiger partial charge in [0.2, 0.25) is 5.91 Å². The molecule has 0 bridgehead atoms. The van der Waals surface area contributed by atoms with Gasteiger partial charge < -0.3 is 46.9 Å². The Balaban J connectivity index is 0.00000541. The molecule has 0 aliphatic heterocycles. The van der Waals surface area contributed by atoms with Crippen LogP contribution in [0.1, 0.15) is 24.1 Å². The number of aromatic nitrogens is 6. The molecule has 4 heterocycles. The van der Waals surface area contributed by atoms with Gasteiger partial charge in [0, 0.05) is 30.4 Å². The summed E-state index contributed by atoms with van der Waals surface area (Å²) in [7, 11) is 5.51. The Morgan fingerprint density at radius 2 is 1.98 bits per heavy atom. The molecule has 0 aliphatic carbocycles. The number of halogens is 2. The van der Waals surface area contributed by atoms with Gasteiger partial charge >= 0.3 is 5.82 Å². The molecule has 252 valence electrons. The number of hydrogen-bond donors (Lipinski definition) is 2. The van der Waals surface area contributed by atoms with E-state index in [4.69, 9.17) is 16.3 Å². The molecule has 5 rings (SSSR count). The van der Waals surface area contributed by atoms with Crippen LogP contribution in [0.2, 0.25) is 5.02 Å². The lowest BCUT2D eigenvalue weighted by atomic mass is 10.2. The van der Waals surface area contributed by atoms with Gasteiger partial charge in [0.05, 0.1) is 43.1 Å². The average Bonchev–Trinajstić information content (AvgIpc) is 3.35. The van der Waals surface area contributed by atoms with E-state index in [-0.39, 0.29) is 29.4 Å². The predicted octanol–water partition coefficient (Wildman–Crippen LogP) is 2.18. The Hall–Kier alpha value is -5.43. The van der Waals surface area contributed by atoms with Crippen LogP contribution in [0.4, 0.5) is 23.1 Å². The second-order valence-electron chi connectivity index (χ2n) is 11.3. The second kappa shape index (κ2) is 16.1. The summed E-state index contributed by atoms with van der Waals surface area (Å²) < 4.78 is 7.77. The number of hydrogen-bond acceptors (Lipinski definition) is 10. The summed E-state index contributed by atoms with van der Waals surface area (Å²) in [5.41, 5.74) is 2.46. The number of rotatable bonds is 12. The molecule has 0 saturated heterocycles. The third-order valence-electron chi connectivity index (χ3n) is 7.12. The molecule has 2 N–H and O–H groups in total. The molecular formula is C33H32BrClN10O4. The minimum atomic E-state index is -0.506. The number of carbonyl (C=O) groups excluding carboxylic acids is 1. The molecular weight excluding hydrogens is 716 g/mol. The summed E-state index contributed by atoms with van der Waals surface area (Å²) in [5.74, 6) is 6.52. The van der Waals surface area contributed by atoms with Gasteiger partial charge in [-0.2, -0.15) is 0 Å². The Morgan fingerprint density at radius 1 is 1.16 bits per heavy atom. The molecule has 0 aliphatic rings. The molecule has 0 fully saturated rings. The molecule has 49 heavy (non-hydrogen) atoms. The van der Waals surface area contributed by atoms with Crippen molar-refractivity contribution in [1.29, 1.82) is 0 Å². The Labute approximate surface area is 297 Å². The third-order valence-corrected chi connectivity index (χ3v) is 7.41. The lowest BCUT2D eigenvalue weighted by Gasteiger charge is -2.28. The molecule has 14 nitrogen and oxygen atoms in total. The maximum atomic E-state index is 12.8. The first-order chi connectivity index (χ1) is 23.0. The summed E-state index contributed by atoms with van der Waals surface area (Å²) in [4.78, 5) is 45.2. The standard InChI is InChI=1S/C33H31ClN10O4.BrH/c1-5-9-30-41-33(43(46)47)27(42(30)2)19-44(3,4)15-8-11-31(45)40-29-17-24-26(18-36-29)37-21-38-32(24)39-22-12-13-28(25(34)16-22)48-20-23-10-6-7-14-35-23;/h6-8,10-14,16-18,21H,15,19-20H2,1-4H3,(H-,36,37,38,39,40,45);1H/b11-8+;. The maximum absolute atomic E-state index is 12.8. The van der Waals surface area contributed by atoms with Gasteiger partial charge in [-0.3, -0.25) is 14.3 Å². The summed E-state index contributed by atoms with van der Waals surface area (Å²) in [6.45, 7) is 2.63. The molecule has 0 atom stereocenters. The average molecular weight is 748 g/mol. The van der Waals surface area contributed by atoms with Crippen LogP contribution in [0.5, 0.6) is 5.75 Å². The van der Waals surface area contributed by atoms with Gasteiger partial charge in [-0.05, 0) is 65.2 Å². The summed E-state index contributed by atoms with van der Waals surface area (Å²) in [6, 6.07) is 12.6. The van der Waals surface area contributed by atoms with Gasteiger partial charge in [0.25, 0.3) is 5.82 Å². The van der Waals surface area contributed by atoms with Crippen LogP contribution < -0.4 is 32.4 Å². The summed E-state index contributed by atoms with van der Waals surface area (Å²) >= 11 is 6.49. The monoisotopic (exact) mass is 746 g/mol. The normalized spacial score (nSPS) is 11.0. The summed E-state index contributed by atoms with van der Waals surface area (Å²) in [5, 5.41) is 18.7. The molecule has 0 radical (unpaired) electrons. The van der Waals surface area contributed by atoms with E-state index in [2.05, 4.69) is 47.4 Å². The summed E-state index contributed by atoms with van der Waals surface area (Å²) in [6.07, 6.45) is 7.76. The molecule has 5 aromatic rings. The highest BCUT2D eigenvalue weighted by molar-refractivity contribution is 6.32. The Morgan fingerprint density at radius 3 is 2.69 bits per heavy atom. The van der Waals surface area contributed by atoms with E-state index in [1.54, 1.807) is 55.2 Å². The molecule has 0 saturated carbocycles. The zero-order valence-electron chi connectivity index (χ0n) is 27.0. The Kier molecular flexibility index (Phi) is 12.0. The number of pyridine rings is 2. The van der Waals surface area contributed by atoms with E-state index >= 15 is 0 Å². The van der Waals surface area contributed by atoms with E-state index in [0.717, 1.165) is 5.69 Å². The second-order valence-corrected chi connectivity index (χ2v) is 11.7. The number of nitrogens with one attached hydrogen (secondary N) is 2. The first-order valence-electron chi connectivity index (χ1n) is 14.7. The van der Waals surface area contributed by atoms with Gasteiger partial charge in [0.1, 0.15) is 36.9 Å². The number of amides is 1. The fraction of sp³-hybridized carbons (Fsp3) is 0.212. The lowest BCUT2D eigenvalue weighted by molar-refractivity contribution is -0.898. The molecule has 1 amide bonds. The molecule has 0 spiro atoms. The van der Waals surface area contributed by atoms with Gasteiger partial charge in [0.15, 0.2) is 5.69 Å². The fourth-order valence-corrected chi connectivity index (χ4v) is 4.98. The number of imidazole rings is 1. The van der Waals surface area contributed by atoms with E-state index in [9.17, 15) is 14.9 Å². The van der Waals surface area contributed by atoms with Crippen molar-refractivity contribution in [3.05, 3.63) is 106 Å². The highest BCUT2D eigenvalue weighted by atomic mass is 79.9. The topological polar surface area (TPSA) is 163 Å². The number of anilines is 3. The first-order valence-corrected chi connectivity index (χ1v) is 15.0. The van der Waals surface area contributed by atoms with Crippen molar-refractivity contribution in [1.82, 2.24) is 29.5 Å². The number of likely N-dealkylation sites (N-methyl/N-ethyl adjacent to an activating group) is 1. The SMILES string of the molecule is CC#Cc1nc([N+](=O)[O-])c(C[N+](C)(C)C/C=C/C(=O)Nc2cc3c(Nc4ccc(OCc5ccccn5)c(Cl)c4)ncnc3cn2)n1C.[Br-]. The van der Waals surface area contributed by atoms with Crippen LogP contribution in [-0.2, 0) is 25.0 Å². The van der Waals surface area contributed by atoms with E-state index in [1.165, 1.54) is 12.4 Å². The zero-order chi connectivity index (χ0) is 34.3. The number of fused-ring (bicyclic) bond motifs is 1. The fourth-order valence-electron chi connectivity index (χ4n) is 4.74. The van der Waals surface area contributed by atoms with Gasteiger partial charge in [-0.25, -0.2) is 15.0 Å². The molecule has 1 aromatic carbocycles. The zero-order valence-corrected chi connectivity index (χ0v) is 29.4. The van der Waals surface area contributed by atoms with Crippen molar-refractivity contribution in [2.45, 2.75) is 20.1 Å². The molecule has 0 unspecified atom stereocenters. The highest BCUT2D eigenvalue weighted by Crippen LogP contribution is 2.31. The van der Waals surface area contributed by atoms with E-state index < -0.39 is 10.8 Å². The van der Waals surface area contributed by atoms with Gasteiger partial charge in [-0.1, -0.05) is 23.6 Å². The van der Waals surface area contributed by atoms with Crippen molar-refractivity contribution in [2.75, 3.05) is 31.3 Å². The quantitative estimate of drug-likeness (QED) is 0.0636. The molecule has 4 aromatic heterocycles. The van der Waals surface area contributed by atoms with Gasteiger partial charge in [-0.15, -0.1) is 0 Å². The van der Waals surface area contributed by atoms with Crippen LogP contribution in [0.15, 0.2) is 73.3 Å². The number of ether oxygens (including phenoxy) is 1. The number of nitro groups is 1. The number of nitrogens with zero attached hydrogens (tertiary/aromatic N) is 8. The number of carbonyl (C=O) groups is 1. The van der Waals surface area contributed by atoms with Crippen molar-refractivity contribution >= 4 is 51.6 Å². The van der Waals surface area contributed by atoms with Crippen LogP contribution in [-0.4, -0.2) is 65.4 Å². The third kappa shape index (κ3) is 9.35. The smallest absolute Gasteiger partial charge is 0.392 e. The van der Waals surface area contributed by atoms with Crippen LogP contribution in [0.3, 0.4) is 0 Å². The molecule has 16 heteroatoms. The largest absolute Gasteiger partial charge is 1.00 e. The van der Waals surface area contributed by atoms with E-state index in [0.29, 0.717) is 68.1 Å². The van der Waals surface area contributed by atoms with Crippen LogP contribution in [0.25, 0.3) is 10.9 Å². The van der Waals surface area contributed by atoms with Crippen molar-refractivity contribution in [2.24, 2.45) is 7.05 Å². The van der Waals surface area contributed by atoms with E-state index in [1.807, 2.05) is 38.4 Å². The van der Waals surface area contributed by atoms with Crippen LogP contribution in [0, 0.1) is 22.0 Å². The van der Waals surface area contributed by atoms with Crippen molar-refractivity contribution < 1.29 is 35.9 Å². The van der Waals surface area contributed by atoms with Crippen LogP contribution >= 0.6 is 11.6 Å². The minimum Gasteiger partial charge on any atom is -1.00 e. The Bertz CT molecular complexity index is 2080. The maximum Gasteiger partial charge on any atom is 0.392 e. The lowest BCUT2D eigenvalue weighted by Crippen LogP contribution is -3.00.